The molecule has 1 amide bonds. The molecule has 1 aromatic carbocycles. The summed E-state index contributed by atoms with van der Waals surface area (Å²) in [7, 11) is 0. The Hall–Kier alpha value is -1.65. The van der Waals surface area contributed by atoms with Gasteiger partial charge < -0.3 is 10.6 Å². The first-order valence-electron chi connectivity index (χ1n) is 6.70. The first kappa shape index (κ1) is 14.8. The molecule has 0 radical (unpaired) electrons. The van der Waals surface area contributed by atoms with Crippen LogP contribution in [0.1, 0.15) is 23.2 Å². The van der Waals surface area contributed by atoms with Crippen LogP contribution in [0.5, 0.6) is 0 Å². The smallest absolute Gasteiger partial charge is 0.253 e. The molecule has 3 rings (SSSR count). The first-order chi connectivity index (χ1) is 9.34. The molecule has 0 aliphatic carbocycles. The molecule has 1 aliphatic rings. The van der Waals surface area contributed by atoms with E-state index in [1.807, 2.05) is 30.3 Å². The van der Waals surface area contributed by atoms with Crippen LogP contribution in [0.3, 0.4) is 0 Å². The Bertz CT molecular complexity index is 591. The minimum atomic E-state index is -0.0174. The van der Waals surface area contributed by atoms with Crippen molar-refractivity contribution in [2.75, 3.05) is 13.1 Å². The zero-order valence-electron chi connectivity index (χ0n) is 11.1. The van der Waals surface area contributed by atoms with Gasteiger partial charge in [-0.2, -0.15) is 0 Å². The molecule has 2 N–H and O–H groups in total. The van der Waals surface area contributed by atoms with Gasteiger partial charge in [-0.1, -0.05) is 18.2 Å². The molecule has 0 atom stereocenters. The number of benzene rings is 1. The fourth-order valence-corrected chi connectivity index (χ4v) is 2.52. The molecule has 2 heterocycles. The molecule has 1 aliphatic heterocycles. The number of rotatable bonds is 2. The predicted octanol–water partition coefficient (Wildman–Crippen LogP) is 2.14. The Morgan fingerprint density at radius 2 is 1.95 bits per heavy atom. The molecule has 2 aromatic rings. The average molecular weight is 292 g/mol. The van der Waals surface area contributed by atoms with E-state index in [2.05, 4.69) is 15.6 Å². The maximum absolute atomic E-state index is 12.4. The van der Waals surface area contributed by atoms with E-state index >= 15 is 0 Å². The number of piperidine rings is 1. The lowest BCUT2D eigenvalue weighted by molar-refractivity contribution is 0.0931. The lowest BCUT2D eigenvalue weighted by atomic mass is 10.0. The summed E-state index contributed by atoms with van der Waals surface area (Å²) < 4.78 is 0. The lowest BCUT2D eigenvalue weighted by Crippen LogP contribution is -2.42. The molecule has 0 unspecified atom stereocenters. The van der Waals surface area contributed by atoms with Crippen LogP contribution in [0.2, 0.25) is 0 Å². The van der Waals surface area contributed by atoms with Crippen molar-refractivity contribution in [3.05, 3.63) is 42.1 Å². The van der Waals surface area contributed by atoms with Gasteiger partial charge in [-0.25, -0.2) is 0 Å². The van der Waals surface area contributed by atoms with Gasteiger partial charge in [-0.3, -0.25) is 9.78 Å². The number of hydrogen-bond donors (Lipinski definition) is 2. The van der Waals surface area contributed by atoms with Crippen LogP contribution in [0.4, 0.5) is 0 Å². The molecular formula is C15H18ClN3O. The van der Waals surface area contributed by atoms with Crippen molar-refractivity contribution in [3.63, 3.8) is 0 Å². The second-order valence-corrected chi connectivity index (χ2v) is 4.88. The maximum Gasteiger partial charge on any atom is 0.253 e. The van der Waals surface area contributed by atoms with Crippen LogP contribution in [-0.2, 0) is 0 Å². The number of hydrogen-bond acceptors (Lipinski definition) is 3. The molecule has 4 nitrogen and oxygen atoms in total. The van der Waals surface area contributed by atoms with Crippen LogP contribution in [0, 0.1) is 0 Å². The summed E-state index contributed by atoms with van der Waals surface area (Å²) in [6.07, 6.45) is 3.71. The van der Waals surface area contributed by atoms with Gasteiger partial charge >= 0.3 is 0 Å². The van der Waals surface area contributed by atoms with Gasteiger partial charge in [-0.15, -0.1) is 12.4 Å². The quantitative estimate of drug-likeness (QED) is 0.891. The highest BCUT2D eigenvalue weighted by Crippen LogP contribution is 2.16. The Morgan fingerprint density at radius 1 is 1.20 bits per heavy atom. The number of carbonyl (C=O) groups is 1. The predicted molar refractivity (Wildman–Crippen MR) is 82.3 cm³/mol. The van der Waals surface area contributed by atoms with Crippen LogP contribution in [0.15, 0.2) is 36.5 Å². The van der Waals surface area contributed by atoms with Gasteiger partial charge in [0.25, 0.3) is 5.91 Å². The van der Waals surface area contributed by atoms with Crippen LogP contribution in [0.25, 0.3) is 10.9 Å². The average Bonchev–Trinajstić information content (AvgIpc) is 2.47. The van der Waals surface area contributed by atoms with E-state index in [4.69, 9.17) is 0 Å². The van der Waals surface area contributed by atoms with Gasteiger partial charge in [0, 0.05) is 17.6 Å². The van der Waals surface area contributed by atoms with Crippen LogP contribution in [-0.4, -0.2) is 30.0 Å². The number of pyridine rings is 1. The van der Waals surface area contributed by atoms with Crippen molar-refractivity contribution < 1.29 is 4.79 Å². The van der Waals surface area contributed by atoms with Crippen molar-refractivity contribution >= 4 is 29.2 Å². The highest BCUT2D eigenvalue weighted by Gasteiger charge is 2.17. The standard InChI is InChI=1S/C15H17N3O.ClH/c19-15(18-12-6-9-16-10-7-12)13-5-1-3-11-4-2-8-17-14(11)13;/h1-5,8,12,16H,6-7,9-10H2,(H,18,19);1H. The Labute approximate surface area is 124 Å². The molecule has 5 heteroatoms. The molecule has 0 spiro atoms. The lowest BCUT2D eigenvalue weighted by Gasteiger charge is -2.23. The van der Waals surface area contributed by atoms with E-state index in [9.17, 15) is 4.79 Å². The molecule has 1 saturated heterocycles. The monoisotopic (exact) mass is 291 g/mol. The summed E-state index contributed by atoms with van der Waals surface area (Å²) in [6.45, 7) is 1.94. The second-order valence-electron chi connectivity index (χ2n) is 4.88. The summed E-state index contributed by atoms with van der Waals surface area (Å²) in [5.41, 5.74) is 1.44. The fraction of sp³-hybridized carbons (Fsp3) is 0.333. The van der Waals surface area contributed by atoms with Crippen molar-refractivity contribution in [1.82, 2.24) is 15.6 Å². The number of nitrogens with zero attached hydrogens (tertiary/aromatic N) is 1. The highest BCUT2D eigenvalue weighted by molar-refractivity contribution is 6.05. The number of amides is 1. The second kappa shape index (κ2) is 6.68. The summed E-state index contributed by atoms with van der Waals surface area (Å²) in [5.74, 6) is -0.0174. The highest BCUT2D eigenvalue weighted by atomic mass is 35.5. The number of aromatic nitrogens is 1. The zero-order chi connectivity index (χ0) is 13.1. The number of para-hydroxylation sites is 1. The van der Waals surface area contributed by atoms with Gasteiger partial charge in [0.05, 0.1) is 11.1 Å². The van der Waals surface area contributed by atoms with E-state index in [0.717, 1.165) is 36.8 Å². The molecule has 1 fully saturated rings. The number of carbonyl (C=O) groups excluding carboxylic acids is 1. The number of halogens is 1. The molecule has 20 heavy (non-hydrogen) atoms. The Balaban J connectivity index is 0.00000147. The van der Waals surface area contributed by atoms with E-state index < -0.39 is 0 Å². The number of nitrogens with one attached hydrogen (secondary N) is 2. The van der Waals surface area contributed by atoms with Gasteiger partial charge in [0.2, 0.25) is 0 Å². The van der Waals surface area contributed by atoms with Gasteiger partial charge in [0.15, 0.2) is 0 Å². The summed E-state index contributed by atoms with van der Waals surface area (Å²) in [5, 5.41) is 7.40. The van der Waals surface area contributed by atoms with E-state index in [1.54, 1.807) is 6.20 Å². The first-order valence-corrected chi connectivity index (χ1v) is 6.70. The van der Waals surface area contributed by atoms with E-state index in [1.165, 1.54) is 0 Å². The topological polar surface area (TPSA) is 54.0 Å². The summed E-state index contributed by atoms with van der Waals surface area (Å²) in [4.78, 5) is 16.7. The third kappa shape index (κ3) is 3.08. The number of fused-ring (bicyclic) bond motifs is 1. The maximum atomic E-state index is 12.4. The zero-order valence-corrected chi connectivity index (χ0v) is 12.0. The third-order valence-corrected chi connectivity index (χ3v) is 3.55. The largest absolute Gasteiger partial charge is 0.349 e. The van der Waals surface area contributed by atoms with E-state index in [0.29, 0.717) is 5.56 Å². The van der Waals surface area contributed by atoms with Crippen molar-refractivity contribution in [2.24, 2.45) is 0 Å². The van der Waals surface area contributed by atoms with Gasteiger partial charge in [0.1, 0.15) is 0 Å². The van der Waals surface area contributed by atoms with Crippen LogP contribution < -0.4 is 10.6 Å². The fourth-order valence-electron chi connectivity index (χ4n) is 2.52. The summed E-state index contributed by atoms with van der Waals surface area (Å²) >= 11 is 0. The molecule has 0 saturated carbocycles. The van der Waals surface area contributed by atoms with Crippen molar-refractivity contribution in [3.8, 4) is 0 Å². The minimum Gasteiger partial charge on any atom is -0.349 e. The van der Waals surface area contributed by atoms with Crippen LogP contribution >= 0.6 is 12.4 Å². The molecular weight excluding hydrogens is 274 g/mol. The van der Waals surface area contributed by atoms with Crippen molar-refractivity contribution in [2.45, 2.75) is 18.9 Å². The Morgan fingerprint density at radius 3 is 2.75 bits per heavy atom. The normalized spacial score (nSPS) is 15.6. The van der Waals surface area contributed by atoms with E-state index in [-0.39, 0.29) is 24.4 Å². The molecule has 0 bridgehead atoms. The summed E-state index contributed by atoms with van der Waals surface area (Å²) in [6, 6.07) is 9.85. The minimum absolute atomic E-state index is 0. The molecule has 1 aromatic heterocycles. The SMILES string of the molecule is Cl.O=C(NC1CCNCC1)c1cccc2cccnc12. The van der Waals surface area contributed by atoms with Gasteiger partial charge in [-0.05, 0) is 38.1 Å². The Kier molecular flexibility index (Phi) is 4.93. The molecule has 106 valence electrons. The van der Waals surface area contributed by atoms with Crippen molar-refractivity contribution in [1.29, 1.82) is 0 Å². The third-order valence-electron chi connectivity index (χ3n) is 3.55.